The monoisotopic (exact) mass is 446 g/mol. The molecule has 0 fully saturated rings. The molecule has 0 radical (unpaired) electrons. The number of benzene rings is 1. The van der Waals surface area contributed by atoms with Crippen LogP contribution in [0.3, 0.4) is 0 Å². The molecule has 0 bridgehead atoms. The third-order valence-electron chi connectivity index (χ3n) is 3.32. The fourth-order valence-corrected chi connectivity index (χ4v) is 2.16. The second kappa shape index (κ2) is 7.91. The molecule has 162 valence electrons. The fraction of sp³-hybridized carbons (Fsp3) is 0.625. The van der Waals surface area contributed by atoms with Gasteiger partial charge < -0.3 is 0 Å². The smallest absolute Gasteiger partial charge is 0.230 e. The molecule has 1 aromatic rings. The highest BCUT2D eigenvalue weighted by Gasteiger charge is 2.81. The van der Waals surface area contributed by atoms with Crippen LogP contribution in [0.4, 0.5) is 39.5 Å². The van der Waals surface area contributed by atoms with Crippen molar-refractivity contribution in [1.29, 1.82) is 0 Å². The van der Waals surface area contributed by atoms with Crippen LogP contribution in [0.1, 0.15) is 38.9 Å². The van der Waals surface area contributed by atoms with Crippen LogP contribution in [0.15, 0.2) is 24.3 Å². The van der Waals surface area contributed by atoms with Crippen LogP contribution in [-0.2, 0) is 9.78 Å². The second-order valence-electron chi connectivity index (χ2n) is 6.86. The minimum absolute atomic E-state index is 0.272. The predicted molar refractivity (Wildman–Crippen MR) is 81.6 cm³/mol. The first-order valence-electron chi connectivity index (χ1n) is 7.62. The number of hydrogen-bond acceptors (Lipinski definition) is 2. The number of alkyl halides is 9. The lowest BCUT2D eigenvalue weighted by Gasteiger charge is -2.35. The van der Waals surface area contributed by atoms with E-state index in [0.717, 1.165) is 12.1 Å². The normalized spacial score (nSPS) is 15.6. The first-order chi connectivity index (χ1) is 12.3. The first kappa shape index (κ1) is 24.8. The Bertz CT molecular complexity index is 669. The Kier molecular flexibility index (Phi) is 7.01. The van der Waals surface area contributed by atoms with Gasteiger partial charge in [0.1, 0.15) is 6.10 Å². The zero-order chi connectivity index (χ0) is 22.2. The maximum atomic E-state index is 14.0. The van der Waals surface area contributed by atoms with Crippen molar-refractivity contribution in [2.45, 2.75) is 62.8 Å². The van der Waals surface area contributed by atoms with Gasteiger partial charge in [0, 0.05) is 10.6 Å². The van der Waals surface area contributed by atoms with Crippen LogP contribution >= 0.6 is 11.6 Å². The minimum Gasteiger partial charge on any atom is -0.230 e. The summed E-state index contributed by atoms with van der Waals surface area (Å²) in [6.45, 7) is 4.17. The largest absolute Gasteiger partial charge is 0.460 e. The van der Waals surface area contributed by atoms with Gasteiger partial charge in [0.25, 0.3) is 0 Å². The van der Waals surface area contributed by atoms with E-state index in [9.17, 15) is 39.5 Å². The molecule has 0 N–H and O–H groups in total. The van der Waals surface area contributed by atoms with Crippen molar-refractivity contribution in [3.05, 3.63) is 34.9 Å². The maximum Gasteiger partial charge on any atom is 0.460 e. The van der Waals surface area contributed by atoms with Crippen LogP contribution in [0.5, 0.6) is 0 Å². The predicted octanol–water partition coefficient (Wildman–Crippen LogP) is 6.99. The molecular formula is C16H16ClF9O2. The summed E-state index contributed by atoms with van der Waals surface area (Å²) in [7, 11) is 0. The van der Waals surface area contributed by atoms with E-state index in [-0.39, 0.29) is 10.6 Å². The summed E-state index contributed by atoms with van der Waals surface area (Å²) in [6.07, 6.45) is -11.3. The summed E-state index contributed by atoms with van der Waals surface area (Å²) < 4.78 is 118. The van der Waals surface area contributed by atoms with Gasteiger partial charge in [0.2, 0.25) is 0 Å². The second-order valence-corrected chi connectivity index (χ2v) is 7.26. The van der Waals surface area contributed by atoms with Crippen molar-refractivity contribution in [3.63, 3.8) is 0 Å². The Balaban J connectivity index is 3.30. The van der Waals surface area contributed by atoms with Crippen molar-refractivity contribution in [1.82, 2.24) is 0 Å². The van der Waals surface area contributed by atoms with Gasteiger partial charge in [-0.25, -0.2) is 9.78 Å². The molecule has 0 aliphatic carbocycles. The van der Waals surface area contributed by atoms with Crippen LogP contribution < -0.4 is 0 Å². The third kappa shape index (κ3) is 5.24. The fourth-order valence-electron chi connectivity index (χ4n) is 1.90. The number of hydrogen-bond donors (Lipinski definition) is 0. The van der Waals surface area contributed by atoms with Gasteiger partial charge in [0.15, 0.2) is 0 Å². The lowest BCUT2D eigenvalue weighted by atomic mass is 9.95. The highest BCUT2D eigenvalue weighted by atomic mass is 35.5. The molecule has 2 nitrogen and oxygen atoms in total. The molecule has 0 heterocycles. The van der Waals surface area contributed by atoms with Crippen LogP contribution in [0.2, 0.25) is 5.02 Å². The highest BCUT2D eigenvalue weighted by Crippen LogP contribution is 2.55. The molecular weight excluding hydrogens is 431 g/mol. The van der Waals surface area contributed by atoms with Gasteiger partial charge in [-0.1, -0.05) is 29.8 Å². The van der Waals surface area contributed by atoms with Crippen molar-refractivity contribution >= 4 is 11.6 Å². The van der Waals surface area contributed by atoms with E-state index in [2.05, 4.69) is 4.89 Å². The van der Waals surface area contributed by atoms with Crippen molar-refractivity contribution < 1.29 is 49.3 Å². The Morgan fingerprint density at radius 2 is 1.36 bits per heavy atom. The van der Waals surface area contributed by atoms with E-state index < -0.39 is 42.1 Å². The lowest BCUT2D eigenvalue weighted by Crippen LogP contribution is -2.61. The molecule has 0 saturated carbocycles. The molecule has 0 amide bonds. The summed E-state index contributed by atoms with van der Waals surface area (Å²) in [5, 5.41) is -0.272. The average Bonchev–Trinajstić information content (AvgIpc) is 2.49. The summed E-state index contributed by atoms with van der Waals surface area (Å²) in [5.74, 6) is -19.6. The molecule has 0 aliphatic heterocycles. The summed E-state index contributed by atoms with van der Waals surface area (Å²) in [6, 6.07) is 4.80. The zero-order valence-corrected chi connectivity index (χ0v) is 15.4. The maximum absolute atomic E-state index is 14.0. The summed E-state index contributed by atoms with van der Waals surface area (Å²) >= 11 is 5.78. The van der Waals surface area contributed by atoms with E-state index in [1.165, 1.54) is 32.9 Å². The number of rotatable bonds is 7. The molecule has 28 heavy (non-hydrogen) atoms. The van der Waals surface area contributed by atoms with E-state index in [1.807, 2.05) is 0 Å². The zero-order valence-electron chi connectivity index (χ0n) is 14.7. The van der Waals surface area contributed by atoms with Crippen LogP contribution in [0.25, 0.3) is 0 Å². The molecule has 0 saturated heterocycles. The Labute approximate surface area is 159 Å². The molecule has 1 aromatic carbocycles. The summed E-state index contributed by atoms with van der Waals surface area (Å²) in [4.78, 5) is 9.44. The molecule has 0 aliphatic rings. The van der Waals surface area contributed by atoms with E-state index in [4.69, 9.17) is 16.5 Å². The van der Waals surface area contributed by atoms with Gasteiger partial charge >= 0.3 is 23.9 Å². The molecule has 1 unspecified atom stereocenters. The van der Waals surface area contributed by atoms with E-state index in [0.29, 0.717) is 0 Å². The topological polar surface area (TPSA) is 18.5 Å². The lowest BCUT2D eigenvalue weighted by molar-refractivity contribution is -0.413. The van der Waals surface area contributed by atoms with Crippen LogP contribution in [0, 0.1) is 0 Å². The van der Waals surface area contributed by atoms with Gasteiger partial charge in [-0.15, -0.1) is 0 Å². The van der Waals surface area contributed by atoms with Gasteiger partial charge in [-0.05, 0) is 26.8 Å². The quantitative estimate of drug-likeness (QED) is 0.255. The molecule has 0 spiro atoms. The van der Waals surface area contributed by atoms with Crippen molar-refractivity contribution in [3.8, 4) is 0 Å². The first-order valence-corrected chi connectivity index (χ1v) is 8.00. The molecule has 0 aromatic heterocycles. The molecule has 1 atom stereocenters. The Morgan fingerprint density at radius 1 is 0.857 bits per heavy atom. The third-order valence-corrected chi connectivity index (χ3v) is 3.66. The van der Waals surface area contributed by atoms with Crippen molar-refractivity contribution in [2.75, 3.05) is 0 Å². The minimum atomic E-state index is -6.99. The number of halogens is 10. The van der Waals surface area contributed by atoms with Crippen LogP contribution in [-0.4, -0.2) is 29.5 Å². The van der Waals surface area contributed by atoms with Crippen molar-refractivity contribution in [2.24, 2.45) is 0 Å². The standard InChI is InChI=1S/C16H16ClF9O2/c1-12(2,3)28-27-11(9-6-4-5-7-10(9)17)8-13(18,19)14(20,21)15(22,23)16(24,25)26/h4-7,11H,8H2,1-3H3. The highest BCUT2D eigenvalue weighted by molar-refractivity contribution is 6.31. The van der Waals surface area contributed by atoms with E-state index in [1.54, 1.807) is 0 Å². The molecule has 12 heteroatoms. The van der Waals surface area contributed by atoms with Gasteiger partial charge in [-0.3, -0.25) is 0 Å². The SMILES string of the molecule is CC(C)(C)OOC(CC(F)(F)C(F)(F)C(F)(F)C(F)(F)F)c1ccccc1Cl. The Hall–Kier alpha value is -1.20. The Morgan fingerprint density at radius 3 is 1.79 bits per heavy atom. The van der Waals surface area contributed by atoms with Gasteiger partial charge in [-0.2, -0.15) is 39.5 Å². The molecule has 1 rings (SSSR count). The van der Waals surface area contributed by atoms with E-state index >= 15 is 0 Å². The van der Waals surface area contributed by atoms with Gasteiger partial charge in [0.05, 0.1) is 12.0 Å². The average molecular weight is 447 g/mol. The summed E-state index contributed by atoms with van der Waals surface area (Å²) in [5.41, 5.74) is -1.51.